The quantitative estimate of drug-likeness (QED) is 0.868. The molecular weight excluding hydrogens is 286 g/mol. The Labute approximate surface area is 129 Å². The molecule has 0 bridgehead atoms. The molecule has 5 nitrogen and oxygen atoms in total. The monoisotopic (exact) mass is 309 g/mol. The minimum Gasteiger partial charge on any atom is -0.354 e. The average Bonchev–Trinajstić information content (AvgIpc) is 2.79. The zero-order chi connectivity index (χ0) is 15.5. The number of fused-ring (bicyclic) bond motifs is 1. The number of nitrogens with one attached hydrogen (secondary N) is 2. The highest BCUT2D eigenvalue weighted by Crippen LogP contribution is 2.26. The summed E-state index contributed by atoms with van der Waals surface area (Å²) in [7, 11) is 0. The molecule has 0 saturated carbocycles. The van der Waals surface area contributed by atoms with Crippen LogP contribution in [0.4, 0.5) is 0 Å². The van der Waals surface area contributed by atoms with Crippen molar-refractivity contribution >= 4 is 23.2 Å². The van der Waals surface area contributed by atoms with Crippen molar-refractivity contribution in [3.05, 3.63) is 15.6 Å². The minimum atomic E-state index is -0.881. The fraction of sp³-hybridized carbons (Fsp3) is 0.667. The number of amides is 2. The third-order valence-electron chi connectivity index (χ3n) is 3.57. The summed E-state index contributed by atoms with van der Waals surface area (Å²) >= 11 is 1.77. The van der Waals surface area contributed by atoms with E-state index in [1.807, 2.05) is 0 Å². The maximum Gasteiger partial charge on any atom is 0.245 e. The van der Waals surface area contributed by atoms with Gasteiger partial charge in [-0.2, -0.15) is 0 Å². The molecule has 1 aliphatic rings. The fourth-order valence-electron chi connectivity index (χ4n) is 2.51. The van der Waals surface area contributed by atoms with Gasteiger partial charge >= 0.3 is 0 Å². The third-order valence-corrected chi connectivity index (χ3v) is 4.79. The highest BCUT2D eigenvalue weighted by molar-refractivity contribution is 7.11. The van der Waals surface area contributed by atoms with Gasteiger partial charge in [-0.1, -0.05) is 0 Å². The molecule has 0 aliphatic heterocycles. The first-order chi connectivity index (χ1) is 9.88. The first kappa shape index (κ1) is 15.9. The SMILES string of the molecule is CC(=O)NC(C)(C)C(=O)NCCc1nc2c(s1)CCCC2. The standard InChI is InChI=1S/C15H23N3O2S/c1-10(19)18-15(2,3)14(20)16-9-8-13-17-11-6-4-5-7-12(11)21-13/h4-9H2,1-3H3,(H,16,20)(H,18,19). The lowest BCUT2D eigenvalue weighted by molar-refractivity contribution is -0.131. The van der Waals surface area contributed by atoms with Crippen molar-refractivity contribution in [1.29, 1.82) is 0 Å². The second kappa shape index (κ2) is 6.56. The lowest BCUT2D eigenvalue weighted by Crippen LogP contribution is -2.54. The van der Waals surface area contributed by atoms with Gasteiger partial charge in [0.25, 0.3) is 0 Å². The van der Waals surface area contributed by atoms with Crippen LogP contribution >= 0.6 is 11.3 Å². The molecule has 2 N–H and O–H groups in total. The van der Waals surface area contributed by atoms with Gasteiger partial charge in [0.15, 0.2) is 0 Å². The first-order valence-electron chi connectivity index (χ1n) is 7.43. The molecule has 0 spiro atoms. The smallest absolute Gasteiger partial charge is 0.245 e. The minimum absolute atomic E-state index is 0.168. The van der Waals surface area contributed by atoms with E-state index in [0.717, 1.165) is 24.3 Å². The van der Waals surface area contributed by atoms with Crippen LogP contribution in [-0.4, -0.2) is 28.9 Å². The van der Waals surface area contributed by atoms with E-state index in [2.05, 4.69) is 15.6 Å². The maximum atomic E-state index is 12.0. The summed E-state index contributed by atoms with van der Waals surface area (Å²) in [4.78, 5) is 29.2. The molecule has 1 aliphatic carbocycles. The highest BCUT2D eigenvalue weighted by Gasteiger charge is 2.27. The number of carbonyl (C=O) groups is 2. The molecule has 0 saturated heterocycles. The summed E-state index contributed by atoms with van der Waals surface area (Å²) in [6, 6.07) is 0. The zero-order valence-electron chi connectivity index (χ0n) is 12.9. The van der Waals surface area contributed by atoms with Gasteiger partial charge in [-0.15, -0.1) is 11.3 Å². The normalized spacial score (nSPS) is 14.4. The summed E-state index contributed by atoms with van der Waals surface area (Å²) in [6.45, 7) is 5.36. The molecule has 0 radical (unpaired) electrons. The van der Waals surface area contributed by atoms with E-state index in [-0.39, 0.29) is 11.8 Å². The number of carbonyl (C=O) groups excluding carboxylic acids is 2. The highest BCUT2D eigenvalue weighted by atomic mass is 32.1. The van der Waals surface area contributed by atoms with E-state index in [4.69, 9.17) is 0 Å². The van der Waals surface area contributed by atoms with Gasteiger partial charge in [0.2, 0.25) is 11.8 Å². The maximum absolute atomic E-state index is 12.0. The van der Waals surface area contributed by atoms with Crippen LogP contribution in [0.25, 0.3) is 0 Å². The second-order valence-electron chi connectivity index (χ2n) is 6.00. The summed E-state index contributed by atoms with van der Waals surface area (Å²) in [5, 5.41) is 6.61. The second-order valence-corrected chi connectivity index (χ2v) is 7.16. The molecule has 6 heteroatoms. The largest absolute Gasteiger partial charge is 0.354 e. The predicted molar refractivity (Wildman–Crippen MR) is 83.4 cm³/mol. The van der Waals surface area contributed by atoms with E-state index in [1.165, 1.54) is 30.3 Å². The Morgan fingerprint density at radius 2 is 2.00 bits per heavy atom. The first-order valence-corrected chi connectivity index (χ1v) is 8.24. The summed E-state index contributed by atoms with van der Waals surface area (Å²) in [6.07, 6.45) is 5.48. The summed E-state index contributed by atoms with van der Waals surface area (Å²) in [5.74, 6) is -0.373. The molecule has 1 aromatic heterocycles. The summed E-state index contributed by atoms with van der Waals surface area (Å²) in [5.41, 5.74) is 0.375. The Kier molecular flexibility index (Phi) is 4.98. The van der Waals surface area contributed by atoms with E-state index < -0.39 is 5.54 Å². The van der Waals surface area contributed by atoms with E-state index in [0.29, 0.717) is 6.54 Å². The van der Waals surface area contributed by atoms with Crippen LogP contribution in [0.3, 0.4) is 0 Å². The molecule has 0 atom stereocenters. The van der Waals surface area contributed by atoms with Gasteiger partial charge in [-0.25, -0.2) is 4.98 Å². The lowest BCUT2D eigenvalue weighted by atomic mass is 10.0. The number of rotatable bonds is 5. The Bertz CT molecular complexity index is 514. The number of nitrogens with zero attached hydrogens (tertiary/aromatic N) is 1. The Morgan fingerprint density at radius 3 is 2.67 bits per heavy atom. The fourth-order valence-corrected chi connectivity index (χ4v) is 3.67. The number of aromatic nitrogens is 1. The number of hydrogen-bond donors (Lipinski definition) is 2. The Morgan fingerprint density at radius 1 is 1.29 bits per heavy atom. The zero-order valence-corrected chi connectivity index (χ0v) is 13.7. The molecule has 2 amide bonds. The number of thiazole rings is 1. The van der Waals surface area contributed by atoms with Crippen molar-refractivity contribution in [3.8, 4) is 0 Å². The molecule has 0 fully saturated rings. The van der Waals surface area contributed by atoms with Crippen LogP contribution in [-0.2, 0) is 28.9 Å². The van der Waals surface area contributed by atoms with Gasteiger partial charge in [-0.3, -0.25) is 9.59 Å². The molecule has 1 aromatic rings. The summed E-state index contributed by atoms with van der Waals surface area (Å²) < 4.78 is 0. The van der Waals surface area contributed by atoms with Crippen LogP contribution in [0, 0.1) is 0 Å². The number of hydrogen-bond acceptors (Lipinski definition) is 4. The lowest BCUT2D eigenvalue weighted by Gasteiger charge is -2.24. The van der Waals surface area contributed by atoms with Gasteiger partial charge in [0, 0.05) is 24.8 Å². The van der Waals surface area contributed by atoms with Crippen molar-refractivity contribution in [2.24, 2.45) is 0 Å². The topological polar surface area (TPSA) is 71.1 Å². The van der Waals surface area contributed by atoms with Crippen molar-refractivity contribution < 1.29 is 9.59 Å². The van der Waals surface area contributed by atoms with Crippen LogP contribution in [0.2, 0.25) is 0 Å². The van der Waals surface area contributed by atoms with Gasteiger partial charge in [0.05, 0.1) is 10.7 Å². The van der Waals surface area contributed by atoms with Crippen molar-refractivity contribution in [2.75, 3.05) is 6.54 Å². The molecule has 21 heavy (non-hydrogen) atoms. The van der Waals surface area contributed by atoms with E-state index >= 15 is 0 Å². The van der Waals surface area contributed by atoms with Crippen molar-refractivity contribution in [2.45, 2.75) is 58.4 Å². The molecule has 0 unspecified atom stereocenters. The van der Waals surface area contributed by atoms with Gasteiger partial charge in [0.1, 0.15) is 5.54 Å². The van der Waals surface area contributed by atoms with Crippen LogP contribution in [0.15, 0.2) is 0 Å². The molecular formula is C15H23N3O2S. The van der Waals surface area contributed by atoms with Gasteiger partial charge in [-0.05, 0) is 39.5 Å². The van der Waals surface area contributed by atoms with Crippen LogP contribution < -0.4 is 10.6 Å². The number of aryl methyl sites for hydroxylation is 2. The Hall–Kier alpha value is -1.43. The third kappa shape index (κ3) is 4.27. The molecule has 0 aromatic carbocycles. The Balaban J connectivity index is 1.82. The van der Waals surface area contributed by atoms with Crippen molar-refractivity contribution in [3.63, 3.8) is 0 Å². The van der Waals surface area contributed by atoms with E-state index in [9.17, 15) is 9.59 Å². The van der Waals surface area contributed by atoms with Gasteiger partial charge < -0.3 is 10.6 Å². The molecule has 2 rings (SSSR count). The predicted octanol–water partition coefficient (Wildman–Crippen LogP) is 1.60. The van der Waals surface area contributed by atoms with Crippen molar-refractivity contribution in [1.82, 2.24) is 15.6 Å². The molecule has 1 heterocycles. The molecule has 116 valence electrons. The average molecular weight is 309 g/mol. The van der Waals surface area contributed by atoms with Crippen LogP contribution in [0.1, 0.15) is 49.2 Å². The van der Waals surface area contributed by atoms with Crippen LogP contribution in [0.5, 0.6) is 0 Å². The van der Waals surface area contributed by atoms with E-state index in [1.54, 1.807) is 25.2 Å².